The van der Waals surface area contributed by atoms with Crippen LogP contribution in [-0.4, -0.2) is 11.8 Å². The van der Waals surface area contributed by atoms with Crippen LogP contribution in [0.25, 0.3) is 6.08 Å². The van der Waals surface area contributed by atoms with Gasteiger partial charge in [0.2, 0.25) is 0 Å². The predicted octanol–water partition coefficient (Wildman–Crippen LogP) is 7.02. The number of thiophene rings is 1. The van der Waals surface area contributed by atoms with E-state index in [9.17, 15) is 9.59 Å². The summed E-state index contributed by atoms with van der Waals surface area (Å²) in [5.74, 6) is -1.25. The minimum Gasteiger partial charge on any atom is -0.322 e. The van der Waals surface area contributed by atoms with Crippen LogP contribution in [0.3, 0.4) is 0 Å². The van der Waals surface area contributed by atoms with E-state index in [1.54, 1.807) is 6.07 Å². The molecule has 29 heavy (non-hydrogen) atoms. The van der Waals surface area contributed by atoms with Crippen molar-refractivity contribution in [2.75, 3.05) is 10.6 Å². The van der Waals surface area contributed by atoms with Crippen LogP contribution >= 0.6 is 57.7 Å². The van der Waals surface area contributed by atoms with E-state index in [4.69, 9.17) is 46.4 Å². The molecule has 0 radical (unpaired) electrons. The van der Waals surface area contributed by atoms with Crippen LogP contribution in [0.5, 0.6) is 0 Å². The summed E-state index contributed by atoms with van der Waals surface area (Å²) in [7, 11) is 0. The van der Waals surface area contributed by atoms with Crippen molar-refractivity contribution in [1.29, 1.82) is 0 Å². The molecule has 0 fully saturated rings. The fourth-order valence-corrected chi connectivity index (χ4v) is 4.08. The van der Waals surface area contributed by atoms with Gasteiger partial charge in [0.05, 0.1) is 0 Å². The first kappa shape index (κ1) is 21.7. The monoisotopic (exact) mass is 484 g/mol. The highest BCUT2D eigenvalue weighted by molar-refractivity contribution is 7.08. The summed E-state index contributed by atoms with van der Waals surface area (Å²) in [5, 5.41) is 10.4. The molecule has 0 aliphatic carbocycles. The molecule has 0 saturated carbocycles. The number of anilines is 2. The Morgan fingerprint density at radius 3 is 1.59 bits per heavy atom. The third kappa shape index (κ3) is 6.23. The van der Waals surface area contributed by atoms with Gasteiger partial charge in [0.25, 0.3) is 11.8 Å². The number of hydrogen-bond acceptors (Lipinski definition) is 3. The molecule has 0 bridgehead atoms. The van der Waals surface area contributed by atoms with Crippen molar-refractivity contribution in [2.45, 2.75) is 0 Å². The highest BCUT2D eigenvalue weighted by Crippen LogP contribution is 2.25. The molecule has 148 valence electrons. The third-order valence-electron chi connectivity index (χ3n) is 3.58. The Morgan fingerprint density at radius 1 is 0.759 bits per heavy atom. The summed E-state index contributed by atoms with van der Waals surface area (Å²) in [4.78, 5) is 25.7. The lowest BCUT2D eigenvalue weighted by molar-refractivity contribution is -0.118. The van der Waals surface area contributed by atoms with Gasteiger partial charge in [-0.05, 0) is 64.9 Å². The number of benzene rings is 2. The van der Waals surface area contributed by atoms with E-state index in [0.29, 0.717) is 37.0 Å². The summed E-state index contributed by atoms with van der Waals surface area (Å²) in [5.41, 5.74) is 1.32. The van der Waals surface area contributed by atoms with E-state index in [-0.39, 0.29) is 5.57 Å². The van der Waals surface area contributed by atoms with Crippen molar-refractivity contribution < 1.29 is 9.59 Å². The van der Waals surface area contributed by atoms with Crippen molar-refractivity contribution in [1.82, 2.24) is 0 Å². The van der Waals surface area contributed by atoms with Crippen molar-refractivity contribution >= 4 is 87.0 Å². The lowest BCUT2D eigenvalue weighted by Gasteiger charge is -2.11. The summed E-state index contributed by atoms with van der Waals surface area (Å²) in [6, 6.07) is 11.0. The van der Waals surface area contributed by atoms with Gasteiger partial charge in [0.15, 0.2) is 0 Å². The molecule has 0 saturated heterocycles. The summed E-state index contributed by atoms with van der Waals surface area (Å²) >= 11 is 25.3. The number of carbonyl (C=O) groups excluding carboxylic acids is 2. The number of halogens is 4. The molecule has 0 atom stereocenters. The smallest absolute Gasteiger partial charge is 0.261 e. The maximum absolute atomic E-state index is 12.9. The van der Waals surface area contributed by atoms with Gasteiger partial charge in [-0.3, -0.25) is 9.59 Å². The van der Waals surface area contributed by atoms with Gasteiger partial charge < -0.3 is 10.6 Å². The zero-order valence-corrected chi connectivity index (χ0v) is 18.4. The van der Waals surface area contributed by atoms with Gasteiger partial charge >= 0.3 is 0 Å². The molecule has 3 rings (SSSR count). The van der Waals surface area contributed by atoms with Crippen LogP contribution in [-0.2, 0) is 9.59 Å². The third-order valence-corrected chi connectivity index (χ3v) is 5.16. The summed E-state index contributed by atoms with van der Waals surface area (Å²) in [6.07, 6.45) is 1.49. The summed E-state index contributed by atoms with van der Waals surface area (Å²) < 4.78 is 0. The minimum absolute atomic E-state index is 0.115. The standard InChI is InChI=1S/C20H12Cl4N2O2S/c21-12-4-13(22)7-16(6-12)25-19(27)18(3-11-1-2-29-10-11)20(28)26-17-8-14(23)5-15(24)9-17/h1-10H,(H,25,27)(H,26,28). The first-order valence-electron chi connectivity index (χ1n) is 8.09. The maximum Gasteiger partial charge on any atom is 0.261 e. The molecule has 0 aliphatic heterocycles. The van der Waals surface area contributed by atoms with Crippen molar-refractivity contribution in [3.8, 4) is 0 Å². The van der Waals surface area contributed by atoms with Crippen molar-refractivity contribution in [3.05, 3.63) is 84.5 Å². The number of carbonyl (C=O) groups is 2. The molecule has 3 aromatic rings. The number of rotatable bonds is 5. The van der Waals surface area contributed by atoms with E-state index in [1.165, 1.54) is 53.8 Å². The number of hydrogen-bond donors (Lipinski definition) is 2. The fourth-order valence-electron chi connectivity index (χ4n) is 2.41. The van der Waals surface area contributed by atoms with Gasteiger partial charge in [0, 0.05) is 31.5 Å². The SMILES string of the molecule is O=C(Nc1cc(Cl)cc(Cl)c1)C(=Cc1ccsc1)C(=O)Nc1cc(Cl)cc(Cl)c1. The lowest BCUT2D eigenvalue weighted by atomic mass is 10.1. The molecule has 2 N–H and O–H groups in total. The molecule has 0 spiro atoms. The average molecular weight is 486 g/mol. The Kier molecular flexibility index (Phi) is 7.22. The van der Waals surface area contributed by atoms with E-state index in [2.05, 4.69) is 10.6 Å². The second-order valence-electron chi connectivity index (χ2n) is 5.84. The zero-order chi connectivity index (χ0) is 21.0. The largest absolute Gasteiger partial charge is 0.322 e. The van der Waals surface area contributed by atoms with Gasteiger partial charge in [-0.25, -0.2) is 0 Å². The van der Waals surface area contributed by atoms with Crippen LogP contribution in [0, 0.1) is 0 Å². The van der Waals surface area contributed by atoms with Gasteiger partial charge in [-0.15, -0.1) is 0 Å². The van der Waals surface area contributed by atoms with E-state index >= 15 is 0 Å². The molecular weight excluding hydrogens is 474 g/mol. The quantitative estimate of drug-likeness (QED) is 0.231. The predicted molar refractivity (Wildman–Crippen MR) is 122 cm³/mol. The van der Waals surface area contributed by atoms with Gasteiger partial charge in [-0.2, -0.15) is 11.3 Å². The molecule has 1 aromatic heterocycles. The Labute approximate surface area is 191 Å². The molecule has 2 aromatic carbocycles. The van der Waals surface area contributed by atoms with Crippen LogP contribution in [0.1, 0.15) is 5.56 Å². The second kappa shape index (κ2) is 9.65. The molecule has 0 unspecified atom stereocenters. The molecule has 1 heterocycles. The lowest BCUT2D eigenvalue weighted by Crippen LogP contribution is -2.25. The van der Waals surface area contributed by atoms with Crippen molar-refractivity contribution in [2.24, 2.45) is 0 Å². The van der Waals surface area contributed by atoms with Crippen LogP contribution in [0.2, 0.25) is 20.1 Å². The number of nitrogens with one attached hydrogen (secondary N) is 2. The highest BCUT2D eigenvalue weighted by atomic mass is 35.5. The van der Waals surface area contributed by atoms with E-state index < -0.39 is 11.8 Å². The average Bonchev–Trinajstić information content (AvgIpc) is 3.10. The molecule has 0 aliphatic rings. The van der Waals surface area contributed by atoms with Crippen LogP contribution < -0.4 is 10.6 Å². The Hall–Kier alpha value is -2.02. The fraction of sp³-hybridized carbons (Fsp3) is 0. The first-order chi connectivity index (χ1) is 13.8. The Balaban J connectivity index is 1.89. The van der Waals surface area contributed by atoms with Crippen LogP contribution in [0.15, 0.2) is 58.8 Å². The minimum atomic E-state index is -0.625. The van der Waals surface area contributed by atoms with Gasteiger partial charge in [0.1, 0.15) is 5.57 Å². The van der Waals surface area contributed by atoms with Crippen LogP contribution in [0.4, 0.5) is 11.4 Å². The zero-order valence-electron chi connectivity index (χ0n) is 14.5. The summed E-state index contributed by atoms with van der Waals surface area (Å²) in [6.45, 7) is 0. The second-order valence-corrected chi connectivity index (χ2v) is 8.36. The molecular formula is C20H12Cl4N2O2S. The van der Waals surface area contributed by atoms with E-state index in [0.717, 1.165) is 0 Å². The Morgan fingerprint density at radius 2 is 1.21 bits per heavy atom. The first-order valence-corrected chi connectivity index (χ1v) is 10.5. The van der Waals surface area contributed by atoms with E-state index in [1.807, 2.05) is 10.8 Å². The highest BCUT2D eigenvalue weighted by Gasteiger charge is 2.20. The number of amides is 2. The molecule has 4 nitrogen and oxygen atoms in total. The van der Waals surface area contributed by atoms with Crippen molar-refractivity contribution in [3.63, 3.8) is 0 Å². The molecule has 9 heteroatoms. The normalized spacial score (nSPS) is 10.3. The Bertz CT molecular complexity index is 990. The maximum atomic E-state index is 12.9. The molecule has 2 amide bonds. The van der Waals surface area contributed by atoms with Gasteiger partial charge in [-0.1, -0.05) is 46.4 Å². The topological polar surface area (TPSA) is 58.2 Å².